The van der Waals surface area contributed by atoms with Crippen molar-refractivity contribution in [1.29, 1.82) is 0 Å². The fourth-order valence-corrected chi connectivity index (χ4v) is 3.98. The van der Waals surface area contributed by atoms with E-state index in [1.165, 1.54) is 0 Å². The maximum atomic E-state index is 13.2. The number of carbonyl (C=O) groups excluding carboxylic acids is 2. The van der Waals surface area contributed by atoms with Crippen LogP contribution in [0.4, 0.5) is 5.69 Å². The van der Waals surface area contributed by atoms with Gasteiger partial charge in [-0.1, -0.05) is 12.1 Å². The van der Waals surface area contributed by atoms with Crippen LogP contribution in [0.5, 0.6) is 0 Å². The number of morpholine rings is 1. The number of hydrogen-bond acceptors (Lipinski definition) is 5. The molecule has 0 bridgehead atoms. The number of amides is 2. The zero-order valence-corrected chi connectivity index (χ0v) is 16.5. The Morgan fingerprint density at radius 3 is 2.52 bits per heavy atom. The molecule has 4 rings (SSSR count). The number of benzene rings is 1. The lowest BCUT2D eigenvalue weighted by Gasteiger charge is -2.36. The molecular weight excluding hydrogens is 370 g/mol. The molecule has 1 aromatic heterocycles. The number of rotatable bonds is 5. The van der Waals surface area contributed by atoms with Crippen LogP contribution in [0, 0.1) is 0 Å². The monoisotopic (exact) mass is 397 g/mol. The molecule has 2 N–H and O–H groups in total. The predicted molar refractivity (Wildman–Crippen MR) is 108 cm³/mol. The predicted octanol–water partition coefficient (Wildman–Crippen LogP) is 1.00. The Labute approximate surface area is 170 Å². The molecule has 2 fully saturated rings. The van der Waals surface area contributed by atoms with E-state index in [0.717, 1.165) is 24.3 Å². The third-order valence-electron chi connectivity index (χ3n) is 5.73. The van der Waals surface area contributed by atoms with Gasteiger partial charge in [-0.2, -0.15) is 5.10 Å². The summed E-state index contributed by atoms with van der Waals surface area (Å²) < 4.78 is 7.07. The van der Waals surface area contributed by atoms with Crippen LogP contribution in [0.15, 0.2) is 42.7 Å². The topological polar surface area (TPSA) is 88.5 Å². The number of hydrogen-bond donors (Lipinski definition) is 2. The molecule has 0 saturated carbocycles. The van der Waals surface area contributed by atoms with E-state index in [4.69, 9.17) is 4.74 Å². The summed E-state index contributed by atoms with van der Waals surface area (Å²) in [5.74, 6) is 0.0530. The first-order valence-electron chi connectivity index (χ1n) is 10.1. The van der Waals surface area contributed by atoms with E-state index in [0.29, 0.717) is 45.6 Å². The lowest BCUT2D eigenvalue weighted by molar-refractivity contribution is -0.134. The van der Waals surface area contributed by atoms with Gasteiger partial charge in [-0.15, -0.1) is 0 Å². The minimum absolute atomic E-state index is 0.0557. The van der Waals surface area contributed by atoms with E-state index >= 15 is 0 Å². The van der Waals surface area contributed by atoms with E-state index in [2.05, 4.69) is 15.7 Å². The van der Waals surface area contributed by atoms with Crippen molar-refractivity contribution in [3.05, 3.63) is 48.3 Å². The van der Waals surface area contributed by atoms with Crippen LogP contribution in [0.25, 0.3) is 0 Å². The normalized spacial score (nSPS) is 19.0. The largest absolute Gasteiger partial charge is 0.378 e. The lowest BCUT2D eigenvalue weighted by Crippen LogP contribution is -2.52. The second-order valence-corrected chi connectivity index (χ2v) is 7.55. The van der Waals surface area contributed by atoms with Gasteiger partial charge in [-0.05, 0) is 49.7 Å². The van der Waals surface area contributed by atoms with Gasteiger partial charge in [0.15, 0.2) is 0 Å². The third-order valence-corrected chi connectivity index (χ3v) is 5.73. The number of piperidine rings is 1. The van der Waals surface area contributed by atoms with E-state index in [1.807, 2.05) is 41.4 Å². The number of anilines is 1. The van der Waals surface area contributed by atoms with E-state index in [1.54, 1.807) is 10.9 Å². The van der Waals surface area contributed by atoms with Crippen molar-refractivity contribution in [2.75, 3.05) is 44.7 Å². The second-order valence-electron chi connectivity index (χ2n) is 7.55. The van der Waals surface area contributed by atoms with Crippen molar-refractivity contribution >= 4 is 17.5 Å². The number of aromatic nitrogens is 2. The summed E-state index contributed by atoms with van der Waals surface area (Å²) >= 11 is 0. The van der Waals surface area contributed by atoms with Gasteiger partial charge < -0.3 is 20.3 Å². The average Bonchev–Trinajstić information content (AvgIpc) is 3.32. The van der Waals surface area contributed by atoms with E-state index < -0.39 is 5.54 Å². The van der Waals surface area contributed by atoms with Crippen LogP contribution >= 0.6 is 0 Å². The molecule has 0 atom stereocenters. The number of ether oxygens (including phenoxy) is 1. The first kappa shape index (κ1) is 19.6. The highest BCUT2D eigenvalue weighted by Crippen LogP contribution is 2.28. The molecule has 0 aliphatic carbocycles. The molecule has 0 radical (unpaired) electrons. The Morgan fingerprint density at radius 1 is 1.14 bits per heavy atom. The zero-order chi connectivity index (χ0) is 20.1. The summed E-state index contributed by atoms with van der Waals surface area (Å²) in [4.78, 5) is 27.4. The zero-order valence-electron chi connectivity index (χ0n) is 16.5. The molecule has 8 heteroatoms. The van der Waals surface area contributed by atoms with Crippen LogP contribution < -0.4 is 10.6 Å². The molecule has 154 valence electrons. The number of nitrogens with one attached hydrogen (secondary N) is 2. The minimum Gasteiger partial charge on any atom is -0.378 e. The van der Waals surface area contributed by atoms with Gasteiger partial charge in [0, 0.05) is 31.2 Å². The molecule has 29 heavy (non-hydrogen) atoms. The van der Waals surface area contributed by atoms with Crippen LogP contribution in [0.1, 0.15) is 18.4 Å². The summed E-state index contributed by atoms with van der Waals surface area (Å²) in [5, 5.41) is 10.7. The first-order chi connectivity index (χ1) is 14.2. The average molecular weight is 397 g/mol. The molecule has 3 heterocycles. The fraction of sp³-hybridized carbons (Fsp3) is 0.476. The maximum absolute atomic E-state index is 13.2. The Morgan fingerprint density at radius 2 is 1.86 bits per heavy atom. The molecule has 8 nitrogen and oxygen atoms in total. The fourth-order valence-electron chi connectivity index (χ4n) is 3.98. The van der Waals surface area contributed by atoms with Crippen LogP contribution in [0.3, 0.4) is 0 Å². The van der Waals surface area contributed by atoms with E-state index in [9.17, 15) is 9.59 Å². The SMILES string of the molecule is O=C(Cc1ccc(NC(=O)C2(n3cccn3)CCNCC2)cc1)N1CCOCC1. The van der Waals surface area contributed by atoms with Crippen molar-refractivity contribution in [3.8, 4) is 0 Å². The highest BCUT2D eigenvalue weighted by atomic mass is 16.5. The molecule has 0 unspecified atom stereocenters. The van der Waals surface area contributed by atoms with Gasteiger partial charge in [0.2, 0.25) is 5.91 Å². The van der Waals surface area contributed by atoms with Gasteiger partial charge in [-0.3, -0.25) is 14.3 Å². The molecule has 2 saturated heterocycles. The smallest absolute Gasteiger partial charge is 0.252 e. The standard InChI is InChI=1S/C21H27N5O3/c27-19(25-12-14-29-15-13-25)16-17-2-4-18(5-3-17)24-20(28)21(6-9-22-10-7-21)26-11-1-8-23-26/h1-5,8,11,22H,6-7,9-10,12-16H2,(H,24,28). The number of carbonyl (C=O) groups is 2. The third kappa shape index (κ3) is 4.33. The summed E-state index contributed by atoms with van der Waals surface area (Å²) in [6.45, 7) is 4.05. The van der Waals surface area contributed by atoms with E-state index in [-0.39, 0.29) is 11.8 Å². The molecule has 2 aliphatic heterocycles. The van der Waals surface area contributed by atoms with Crippen molar-refractivity contribution in [3.63, 3.8) is 0 Å². The van der Waals surface area contributed by atoms with Gasteiger partial charge in [0.25, 0.3) is 5.91 Å². The highest BCUT2D eigenvalue weighted by molar-refractivity contribution is 5.96. The highest BCUT2D eigenvalue weighted by Gasteiger charge is 2.42. The summed E-state index contributed by atoms with van der Waals surface area (Å²) in [6, 6.07) is 9.36. The summed E-state index contributed by atoms with van der Waals surface area (Å²) in [7, 11) is 0. The van der Waals surface area contributed by atoms with Crippen molar-refractivity contribution in [2.24, 2.45) is 0 Å². The second kappa shape index (κ2) is 8.75. The van der Waals surface area contributed by atoms with Crippen molar-refractivity contribution < 1.29 is 14.3 Å². The Kier molecular flexibility index (Phi) is 5.92. The van der Waals surface area contributed by atoms with Gasteiger partial charge >= 0.3 is 0 Å². The molecular formula is C21H27N5O3. The lowest BCUT2D eigenvalue weighted by atomic mass is 9.87. The van der Waals surface area contributed by atoms with Crippen LogP contribution in [-0.4, -0.2) is 65.9 Å². The quantitative estimate of drug-likeness (QED) is 0.786. The first-order valence-corrected chi connectivity index (χ1v) is 10.1. The van der Waals surface area contributed by atoms with Gasteiger partial charge in [0.05, 0.1) is 19.6 Å². The minimum atomic E-state index is -0.681. The van der Waals surface area contributed by atoms with Crippen molar-refractivity contribution in [2.45, 2.75) is 24.8 Å². The Bertz CT molecular complexity index is 823. The Balaban J connectivity index is 1.41. The molecule has 2 aromatic rings. The van der Waals surface area contributed by atoms with Crippen LogP contribution in [-0.2, 0) is 26.3 Å². The van der Waals surface area contributed by atoms with Crippen molar-refractivity contribution in [1.82, 2.24) is 20.0 Å². The summed E-state index contributed by atoms with van der Waals surface area (Å²) in [6.07, 6.45) is 5.29. The molecule has 2 amide bonds. The Hall–Kier alpha value is -2.71. The number of nitrogens with zero attached hydrogens (tertiary/aromatic N) is 3. The van der Waals surface area contributed by atoms with Gasteiger partial charge in [0.1, 0.15) is 5.54 Å². The maximum Gasteiger partial charge on any atom is 0.252 e. The van der Waals surface area contributed by atoms with Crippen LogP contribution in [0.2, 0.25) is 0 Å². The molecule has 1 aromatic carbocycles. The van der Waals surface area contributed by atoms with Gasteiger partial charge in [-0.25, -0.2) is 0 Å². The summed E-state index contributed by atoms with van der Waals surface area (Å²) in [5.41, 5.74) is 0.977. The molecule has 2 aliphatic rings. The molecule has 0 spiro atoms.